The number of carboxylic acids is 1. The average Bonchev–Trinajstić information content (AvgIpc) is 2.25. The van der Waals surface area contributed by atoms with E-state index in [0.717, 1.165) is 0 Å². The number of hydrogen-bond acceptors (Lipinski definition) is 5. The van der Waals surface area contributed by atoms with Crippen molar-refractivity contribution in [2.24, 2.45) is 5.41 Å². The molecule has 1 saturated heterocycles. The molecule has 8 heteroatoms. The fourth-order valence-corrected chi connectivity index (χ4v) is 3.56. The number of alkyl carbamates (subject to hydrolysis) is 1. The lowest BCUT2D eigenvalue weighted by Crippen LogP contribution is -2.48. The molecule has 0 saturated carbocycles. The highest BCUT2D eigenvalue weighted by atomic mass is 32.2. The summed E-state index contributed by atoms with van der Waals surface area (Å²) in [5, 5.41) is 11.7. The van der Waals surface area contributed by atoms with E-state index in [1.54, 1.807) is 20.8 Å². The molecule has 20 heavy (non-hydrogen) atoms. The number of nitrogens with one attached hydrogen (secondary N) is 1. The molecule has 1 heterocycles. The fraction of sp³-hybridized carbons (Fsp3) is 0.833. The van der Waals surface area contributed by atoms with E-state index in [4.69, 9.17) is 4.74 Å². The van der Waals surface area contributed by atoms with Crippen LogP contribution < -0.4 is 5.32 Å². The summed E-state index contributed by atoms with van der Waals surface area (Å²) >= 11 is 0. The highest BCUT2D eigenvalue weighted by Crippen LogP contribution is 2.32. The number of rotatable bonds is 3. The first-order valence-corrected chi connectivity index (χ1v) is 8.19. The summed E-state index contributed by atoms with van der Waals surface area (Å²) in [4.78, 5) is 22.9. The lowest BCUT2D eigenvalue weighted by Gasteiger charge is -2.33. The van der Waals surface area contributed by atoms with Crippen LogP contribution in [0.5, 0.6) is 0 Å². The van der Waals surface area contributed by atoms with Crippen molar-refractivity contribution in [3.63, 3.8) is 0 Å². The maximum atomic E-state index is 11.5. The molecule has 1 fully saturated rings. The molecule has 0 aromatic rings. The molecular weight excluding hydrogens is 286 g/mol. The third-order valence-electron chi connectivity index (χ3n) is 3.21. The summed E-state index contributed by atoms with van der Waals surface area (Å²) in [6.07, 6.45) is -0.701. The van der Waals surface area contributed by atoms with Gasteiger partial charge in [-0.2, -0.15) is 0 Å². The van der Waals surface area contributed by atoms with Crippen LogP contribution in [-0.2, 0) is 19.4 Å². The number of sulfone groups is 1. The maximum Gasteiger partial charge on any atom is 0.407 e. The number of carbonyl (C=O) groups excluding carboxylic acids is 1. The Morgan fingerprint density at radius 2 is 1.75 bits per heavy atom. The summed E-state index contributed by atoms with van der Waals surface area (Å²) in [5.41, 5.74) is -1.90. The number of carboxylic acid groups (broad SMARTS) is 1. The molecule has 0 unspecified atom stereocenters. The molecule has 0 spiro atoms. The normalized spacial score (nSPS) is 20.9. The number of aliphatic carboxylic acids is 1. The van der Waals surface area contributed by atoms with Gasteiger partial charge in [0.1, 0.15) is 15.4 Å². The molecule has 0 aliphatic carbocycles. The minimum atomic E-state index is -3.16. The quantitative estimate of drug-likeness (QED) is 0.797. The van der Waals surface area contributed by atoms with Crippen molar-refractivity contribution >= 4 is 21.9 Å². The molecule has 0 aromatic carbocycles. The van der Waals surface area contributed by atoms with Gasteiger partial charge in [0, 0.05) is 6.54 Å². The van der Waals surface area contributed by atoms with Crippen LogP contribution >= 0.6 is 0 Å². The molecule has 7 nitrogen and oxygen atoms in total. The third-order valence-corrected chi connectivity index (χ3v) is 4.86. The van der Waals surface area contributed by atoms with Crippen molar-refractivity contribution in [1.82, 2.24) is 5.32 Å². The second-order valence-corrected chi connectivity index (χ2v) is 8.40. The van der Waals surface area contributed by atoms with Gasteiger partial charge in [0.25, 0.3) is 0 Å². The highest BCUT2D eigenvalue weighted by Gasteiger charge is 2.44. The smallest absolute Gasteiger partial charge is 0.407 e. The minimum absolute atomic E-state index is 0.000461. The fourth-order valence-electron chi connectivity index (χ4n) is 1.95. The van der Waals surface area contributed by atoms with Crippen molar-refractivity contribution in [3.8, 4) is 0 Å². The Morgan fingerprint density at radius 3 is 2.15 bits per heavy atom. The summed E-state index contributed by atoms with van der Waals surface area (Å²) in [6, 6.07) is 0. The highest BCUT2D eigenvalue weighted by molar-refractivity contribution is 7.91. The van der Waals surface area contributed by atoms with E-state index in [0.29, 0.717) is 0 Å². The minimum Gasteiger partial charge on any atom is -0.481 e. The van der Waals surface area contributed by atoms with Crippen LogP contribution in [0.3, 0.4) is 0 Å². The van der Waals surface area contributed by atoms with Crippen LogP contribution in [0.1, 0.15) is 33.6 Å². The Kier molecular flexibility index (Phi) is 4.68. The Balaban J connectivity index is 2.66. The van der Waals surface area contributed by atoms with Gasteiger partial charge in [-0.15, -0.1) is 0 Å². The predicted octanol–water partition coefficient (Wildman–Crippen LogP) is 0.791. The number of amides is 1. The van der Waals surface area contributed by atoms with Crippen molar-refractivity contribution in [2.75, 3.05) is 18.1 Å². The van der Waals surface area contributed by atoms with E-state index in [9.17, 15) is 23.1 Å². The van der Waals surface area contributed by atoms with Gasteiger partial charge in [-0.3, -0.25) is 4.79 Å². The van der Waals surface area contributed by atoms with Crippen LogP contribution in [-0.4, -0.2) is 49.2 Å². The van der Waals surface area contributed by atoms with E-state index < -0.39 is 32.9 Å². The predicted molar refractivity (Wildman–Crippen MR) is 72.2 cm³/mol. The van der Waals surface area contributed by atoms with E-state index in [1.165, 1.54) is 0 Å². The van der Waals surface area contributed by atoms with Crippen LogP contribution in [0.2, 0.25) is 0 Å². The van der Waals surface area contributed by atoms with Crippen LogP contribution in [0.4, 0.5) is 4.79 Å². The first-order valence-electron chi connectivity index (χ1n) is 6.37. The third kappa shape index (κ3) is 4.66. The van der Waals surface area contributed by atoms with Gasteiger partial charge in [0.2, 0.25) is 0 Å². The van der Waals surface area contributed by atoms with Crippen molar-refractivity contribution in [1.29, 1.82) is 0 Å². The van der Waals surface area contributed by atoms with Gasteiger partial charge in [0.05, 0.1) is 16.9 Å². The second-order valence-electron chi connectivity index (χ2n) is 6.09. The SMILES string of the molecule is CC(C)(C)OC(=O)NCC1(C(=O)O)CCS(=O)(=O)CC1. The van der Waals surface area contributed by atoms with Gasteiger partial charge in [0.15, 0.2) is 0 Å². The van der Waals surface area contributed by atoms with E-state index in [1.807, 2.05) is 0 Å². The van der Waals surface area contributed by atoms with Gasteiger partial charge in [-0.05, 0) is 33.6 Å². The molecule has 0 radical (unpaired) electrons. The van der Waals surface area contributed by atoms with E-state index in [2.05, 4.69) is 5.32 Å². The summed E-state index contributed by atoms with van der Waals surface area (Å²) < 4.78 is 27.8. The van der Waals surface area contributed by atoms with E-state index >= 15 is 0 Å². The van der Waals surface area contributed by atoms with Gasteiger partial charge < -0.3 is 15.2 Å². The molecule has 1 rings (SSSR count). The van der Waals surface area contributed by atoms with Crippen molar-refractivity contribution < 1.29 is 27.9 Å². The summed E-state index contributed by atoms with van der Waals surface area (Å²) in [7, 11) is -3.16. The number of hydrogen-bond donors (Lipinski definition) is 2. The zero-order valence-corrected chi connectivity index (χ0v) is 12.7. The lowest BCUT2D eigenvalue weighted by molar-refractivity contribution is -0.149. The standard InChI is InChI=1S/C12H21NO6S/c1-11(2,3)19-10(16)13-8-12(9(14)15)4-6-20(17,18)7-5-12/h4-8H2,1-3H3,(H,13,16)(H,14,15). The number of carbonyl (C=O) groups is 2. The van der Waals surface area contributed by atoms with Crippen LogP contribution in [0, 0.1) is 5.41 Å². The molecule has 1 aliphatic heterocycles. The maximum absolute atomic E-state index is 11.5. The largest absolute Gasteiger partial charge is 0.481 e. The van der Waals surface area contributed by atoms with Gasteiger partial charge in [-0.1, -0.05) is 0 Å². The van der Waals surface area contributed by atoms with E-state index in [-0.39, 0.29) is 30.9 Å². The van der Waals surface area contributed by atoms with Crippen LogP contribution in [0.25, 0.3) is 0 Å². The second kappa shape index (κ2) is 5.59. The zero-order valence-electron chi connectivity index (χ0n) is 11.9. The van der Waals surface area contributed by atoms with Crippen LogP contribution in [0.15, 0.2) is 0 Å². The Labute approximate surface area is 118 Å². The molecule has 116 valence electrons. The molecule has 0 bridgehead atoms. The molecule has 2 N–H and O–H groups in total. The molecule has 1 aliphatic rings. The topological polar surface area (TPSA) is 110 Å². The Bertz CT molecular complexity index is 477. The average molecular weight is 307 g/mol. The van der Waals surface area contributed by atoms with Crippen molar-refractivity contribution in [3.05, 3.63) is 0 Å². The van der Waals surface area contributed by atoms with Crippen molar-refractivity contribution in [2.45, 2.75) is 39.2 Å². The lowest BCUT2D eigenvalue weighted by atomic mass is 9.82. The Morgan fingerprint density at radius 1 is 1.25 bits per heavy atom. The number of ether oxygens (including phenoxy) is 1. The molecule has 1 amide bonds. The molecule has 0 aromatic heterocycles. The first-order chi connectivity index (χ1) is 8.96. The molecule has 0 atom stereocenters. The van der Waals surface area contributed by atoms with Gasteiger partial charge >= 0.3 is 12.1 Å². The Hall–Kier alpha value is -1.31. The summed E-state index contributed by atoms with van der Waals surface area (Å²) in [5.74, 6) is -1.44. The first kappa shape index (κ1) is 16.7. The monoisotopic (exact) mass is 307 g/mol. The van der Waals surface area contributed by atoms with Gasteiger partial charge in [-0.25, -0.2) is 13.2 Å². The molecular formula is C12H21NO6S. The zero-order chi connectivity index (χ0) is 15.6. The summed E-state index contributed by atoms with van der Waals surface area (Å²) in [6.45, 7) is 4.97.